The highest BCUT2D eigenvalue weighted by atomic mass is 32.2. The summed E-state index contributed by atoms with van der Waals surface area (Å²) in [6, 6.07) is 1.53. The third-order valence-electron chi connectivity index (χ3n) is 2.85. The molecule has 7 nitrogen and oxygen atoms in total. The number of carbonyl (C=O) groups is 1. The van der Waals surface area contributed by atoms with Crippen molar-refractivity contribution in [2.24, 2.45) is 14.1 Å². The van der Waals surface area contributed by atoms with Gasteiger partial charge in [-0.3, -0.25) is 18.7 Å². The van der Waals surface area contributed by atoms with Crippen LogP contribution in [0.5, 0.6) is 0 Å². The van der Waals surface area contributed by atoms with Crippen molar-refractivity contribution in [2.45, 2.75) is 0 Å². The Hall–Kier alpha value is -2.09. The summed E-state index contributed by atoms with van der Waals surface area (Å²) < 4.78 is 2.31. The van der Waals surface area contributed by atoms with Gasteiger partial charge in [-0.2, -0.15) is 11.8 Å². The second kappa shape index (κ2) is 5.49. The minimum atomic E-state index is -0.436. The minimum Gasteiger partial charge on any atom is -0.324 e. The van der Waals surface area contributed by atoms with Crippen LogP contribution in [0.2, 0.25) is 0 Å². The zero-order chi connectivity index (χ0) is 14.9. The number of aryl methyl sites for hydroxylation is 1. The number of fused-ring (bicyclic) bond motifs is 1. The first-order valence-corrected chi connectivity index (χ1v) is 7.19. The minimum absolute atomic E-state index is 0.166. The van der Waals surface area contributed by atoms with E-state index in [0.717, 1.165) is 4.57 Å². The molecule has 0 aromatic carbocycles. The number of hydrogen-bond donors (Lipinski definition) is 1. The van der Waals surface area contributed by atoms with Crippen LogP contribution in [0.25, 0.3) is 11.0 Å². The normalized spacial score (nSPS) is 10.8. The van der Waals surface area contributed by atoms with Crippen molar-refractivity contribution in [1.82, 2.24) is 14.1 Å². The lowest BCUT2D eigenvalue weighted by molar-refractivity contribution is -0.113. The van der Waals surface area contributed by atoms with Crippen molar-refractivity contribution >= 4 is 34.4 Å². The number of thioether (sulfide) groups is 1. The molecule has 0 fully saturated rings. The van der Waals surface area contributed by atoms with E-state index in [9.17, 15) is 14.4 Å². The van der Waals surface area contributed by atoms with Gasteiger partial charge < -0.3 is 5.32 Å². The zero-order valence-electron chi connectivity index (χ0n) is 11.3. The molecule has 0 aliphatic heterocycles. The maximum absolute atomic E-state index is 12.1. The SMILES string of the molecule is CSCC(=O)Nc1cnc2c(c1)c(=O)n(C)c(=O)n2C. The Labute approximate surface area is 118 Å². The molecule has 0 aliphatic carbocycles. The van der Waals surface area contributed by atoms with Crippen LogP contribution in [0.4, 0.5) is 5.69 Å². The molecule has 1 N–H and O–H groups in total. The summed E-state index contributed by atoms with van der Waals surface area (Å²) in [4.78, 5) is 39.4. The van der Waals surface area contributed by atoms with Crippen LogP contribution in [0.3, 0.4) is 0 Å². The van der Waals surface area contributed by atoms with Gasteiger partial charge in [0.1, 0.15) is 5.65 Å². The molecule has 0 spiro atoms. The Bertz CT molecular complexity index is 794. The molecule has 0 bridgehead atoms. The van der Waals surface area contributed by atoms with Crippen LogP contribution in [0, 0.1) is 0 Å². The van der Waals surface area contributed by atoms with Gasteiger partial charge in [-0.05, 0) is 12.3 Å². The standard InChI is InChI=1S/C12H14N4O3S/c1-15-10-8(11(18)16(2)12(15)19)4-7(5-13-10)14-9(17)6-20-3/h4-5H,6H2,1-3H3,(H,14,17). The van der Waals surface area contributed by atoms with E-state index >= 15 is 0 Å². The zero-order valence-corrected chi connectivity index (χ0v) is 12.2. The third kappa shape index (κ3) is 2.46. The summed E-state index contributed by atoms with van der Waals surface area (Å²) in [5, 5.41) is 2.95. The molecule has 0 aliphatic rings. The third-order valence-corrected chi connectivity index (χ3v) is 3.40. The first-order chi connectivity index (χ1) is 9.45. The highest BCUT2D eigenvalue weighted by molar-refractivity contribution is 7.99. The first-order valence-electron chi connectivity index (χ1n) is 5.80. The van der Waals surface area contributed by atoms with E-state index in [2.05, 4.69) is 10.3 Å². The van der Waals surface area contributed by atoms with Crippen molar-refractivity contribution in [3.63, 3.8) is 0 Å². The largest absolute Gasteiger partial charge is 0.332 e. The number of carbonyl (C=O) groups excluding carboxylic acids is 1. The average molecular weight is 294 g/mol. The quantitative estimate of drug-likeness (QED) is 0.856. The van der Waals surface area contributed by atoms with Crippen LogP contribution in [-0.4, -0.2) is 32.0 Å². The lowest BCUT2D eigenvalue weighted by Gasteiger charge is -2.08. The molecule has 8 heteroatoms. The molecule has 0 atom stereocenters. The molecule has 2 aromatic rings. The summed E-state index contributed by atoms with van der Waals surface area (Å²) >= 11 is 1.40. The van der Waals surface area contributed by atoms with Crippen LogP contribution in [0.1, 0.15) is 0 Å². The predicted molar refractivity (Wildman–Crippen MR) is 79.2 cm³/mol. The highest BCUT2D eigenvalue weighted by Gasteiger charge is 2.11. The van der Waals surface area contributed by atoms with Crippen LogP contribution in [0.15, 0.2) is 21.9 Å². The fraction of sp³-hybridized carbons (Fsp3) is 0.333. The van der Waals surface area contributed by atoms with Crippen molar-refractivity contribution in [3.05, 3.63) is 33.1 Å². The Morgan fingerprint density at radius 1 is 1.35 bits per heavy atom. The number of nitrogens with zero attached hydrogens (tertiary/aromatic N) is 3. The van der Waals surface area contributed by atoms with Gasteiger partial charge in [0.15, 0.2) is 0 Å². The average Bonchev–Trinajstić information content (AvgIpc) is 2.43. The van der Waals surface area contributed by atoms with Gasteiger partial charge >= 0.3 is 5.69 Å². The van der Waals surface area contributed by atoms with E-state index in [1.807, 2.05) is 6.26 Å². The summed E-state index contributed by atoms with van der Waals surface area (Å²) in [5.74, 6) is 0.156. The van der Waals surface area contributed by atoms with Crippen LogP contribution >= 0.6 is 11.8 Å². The fourth-order valence-corrected chi connectivity index (χ4v) is 2.20. The summed E-state index contributed by atoms with van der Waals surface area (Å²) in [6.07, 6.45) is 3.25. The monoisotopic (exact) mass is 294 g/mol. The maximum atomic E-state index is 12.1. The number of hydrogen-bond acceptors (Lipinski definition) is 5. The molecule has 0 saturated heterocycles. The van der Waals surface area contributed by atoms with E-state index in [-0.39, 0.29) is 11.3 Å². The number of nitrogens with one attached hydrogen (secondary N) is 1. The maximum Gasteiger partial charge on any atom is 0.332 e. The van der Waals surface area contributed by atoms with Crippen molar-refractivity contribution in [2.75, 3.05) is 17.3 Å². The number of rotatable bonds is 3. The molecule has 0 unspecified atom stereocenters. The van der Waals surface area contributed by atoms with E-state index < -0.39 is 11.2 Å². The second-order valence-corrected chi connectivity index (χ2v) is 5.15. The predicted octanol–water partition coefficient (Wildman–Crippen LogP) is -0.0663. The molecule has 0 radical (unpaired) electrons. The van der Waals surface area contributed by atoms with Gasteiger partial charge in [-0.25, -0.2) is 9.78 Å². The molecule has 1 amide bonds. The van der Waals surface area contributed by atoms with E-state index in [4.69, 9.17) is 0 Å². The number of pyridine rings is 1. The number of aromatic nitrogens is 3. The van der Waals surface area contributed by atoms with Gasteiger partial charge in [0, 0.05) is 14.1 Å². The lowest BCUT2D eigenvalue weighted by Crippen LogP contribution is -2.37. The summed E-state index contributed by atoms with van der Waals surface area (Å²) in [5.41, 5.74) is -0.140. The van der Waals surface area contributed by atoms with E-state index in [0.29, 0.717) is 17.1 Å². The molecule has 2 aromatic heterocycles. The Kier molecular flexibility index (Phi) is 3.93. The molecule has 0 saturated carbocycles. The van der Waals surface area contributed by atoms with Gasteiger partial charge in [-0.15, -0.1) is 0 Å². The Morgan fingerprint density at radius 2 is 2.05 bits per heavy atom. The smallest absolute Gasteiger partial charge is 0.324 e. The highest BCUT2D eigenvalue weighted by Crippen LogP contribution is 2.12. The number of amides is 1. The van der Waals surface area contributed by atoms with Crippen LogP contribution < -0.4 is 16.6 Å². The molecular weight excluding hydrogens is 280 g/mol. The first kappa shape index (κ1) is 14.3. The van der Waals surface area contributed by atoms with Crippen molar-refractivity contribution < 1.29 is 4.79 Å². The second-order valence-electron chi connectivity index (χ2n) is 4.28. The van der Waals surface area contributed by atoms with Gasteiger partial charge in [0.2, 0.25) is 5.91 Å². The van der Waals surface area contributed by atoms with Gasteiger partial charge in [0.05, 0.1) is 23.0 Å². The molecular formula is C12H14N4O3S. The number of anilines is 1. The van der Waals surface area contributed by atoms with Crippen LogP contribution in [-0.2, 0) is 18.9 Å². The summed E-state index contributed by atoms with van der Waals surface area (Å²) in [7, 11) is 2.95. The van der Waals surface area contributed by atoms with Gasteiger partial charge in [0.25, 0.3) is 5.56 Å². The molecule has 2 rings (SSSR count). The fourth-order valence-electron chi connectivity index (χ4n) is 1.86. The van der Waals surface area contributed by atoms with Crippen molar-refractivity contribution in [3.8, 4) is 0 Å². The molecule has 106 valence electrons. The van der Waals surface area contributed by atoms with E-state index in [1.54, 1.807) is 7.05 Å². The van der Waals surface area contributed by atoms with Crippen molar-refractivity contribution in [1.29, 1.82) is 0 Å². The molecule has 2 heterocycles. The Morgan fingerprint density at radius 3 is 2.70 bits per heavy atom. The van der Waals surface area contributed by atoms with Gasteiger partial charge in [-0.1, -0.05) is 0 Å². The molecule has 20 heavy (non-hydrogen) atoms. The van der Waals surface area contributed by atoms with E-state index in [1.165, 1.54) is 35.6 Å². The Balaban J connectivity index is 2.58. The topological polar surface area (TPSA) is 86.0 Å². The summed E-state index contributed by atoms with van der Waals surface area (Å²) in [6.45, 7) is 0. The lowest BCUT2D eigenvalue weighted by atomic mass is 10.3.